The van der Waals surface area contributed by atoms with Gasteiger partial charge in [0.15, 0.2) is 0 Å². The summed E-state index contributed by atoms with van der Waals surface area (Å²) >= 11 is 0. The summed E-state index contributed by atoms with van der Waals surface area (Å²) in [7, 11) is 0. The minimum atomic E-state index is 0.139. The van der Waals surface area contributed by atoms with Crippen LogP contribution in [-0.2, 0) is 17.8 Å². The lowest BCUT2D eigenvalue weighted by Gasteiger charge is -2.36. The highest BCUT2D eigenvalue weighted by Gasteiger charge is 2.30. The number of aromatic nitrogens is 2. The summed E-state index contributed by atoms with van der Waals surface area (Å²) in [6.07, 6.45) is 2.78. The normalized spacial score (nSPS) is 17.9. The first-order valence-corrected chi connectivity index (χ1v) is 9.53. The molecule has 5 heteroatoms. The van der Waals surface area contributed by atoms with Gasteiger partial charge in [0.2, 0.25) is 5.91 Å². The third-order valence-electron chi connectivity index (χ3n) is 5.56. The van der Waals surface area contributed by atoms with E-state index in [1.807, 2.05) is 19.9 Å². The van der Waals surface area contributed by atoms with Gasteiger partial charge in [0, 0.05) is 43.9 Å². The quantitative estimate of drug-likeness (QED) is 0.836. The molecule has 1 fully saturated rings. The van der Waals surface area contributed by atoms with Gasteiger partial charge in [-0.2, -0.15) is 0 Å². The highest BCUT2D eigenvalue weighted by molar-refractivity contribution is 5.79. The average Bonchev–Trinajstić information content (AvgIpc) is 2.66. The summed E-state index contributed by atoms with van der Waals surface area (Å²) in [5, 5.41) is 0. The van der Waals surface area contributed by atoms with E-state index in [1.165, 1.54) is 11.1 Å². The predicted molar refractivity (Wildman–Crippen MR) is 102 cm³/mol. The van der Waals surface area contributed by atoms with E-state index in [2.05, 4.69) is 44.0 Å². The Morgan fingerprint density at radius 1 is 1.04 bits per heavy atom. The van der Waals surface area contributed by atoms with E-state index in [1.54, 1.807) is 0 Å². The number of rotatable bonds is 2. The van der Waals surface area contributed by atoms with Crippen LogP contribution in [0.3, 0.4) is 0 Å². The molecule has 5 nitrogen and oxygen atoms in total. The smallest absolute Gasteiger partial charge is 0.226 e. The number of benzene rings is 1. The van der Waals surface area contributed by atoms with Crippen molar-refractivity contribution in [2.75, 3.05) is 24.5 Å². The van der Waals surface area contributed by atoms with E-state index in [-0.39, 0.29) is 5.92 Å². The molecule has 0 atom stereocenters. The minimum absolute atomic E-state index is 0.139. The Balaban J connectivity index is 1.38. The van der Waals surface area contributed by atoms with Gasteiger partial charge in [0.1, 0.15) is 11.6 Å². The molecule has 0 bridgehead atoms. The van der Waals surface area contributed by atoms with E-state index >= 15 is 0 Å². The van der Waals surface area contributed by atoms with Crippen LogP contribution in [0.25, 0.3) is 0 Å². The van der Waals surface area contributed by atoms with Crippen LogP contribution in [0.1, 0.15) is 35.5 Å². The molecule has 26 heavy (non-hydrogen) atoms. The molecule has 0 radical (unpaired) electrons. The molecule has 0 saturated carbocycles. The number of anilines is 1. The Morgan fingerprint density at radius 2 is 1.77 bits per heavy atom. The van der Waals surface area contributed by atoms with Crippen molar-refractivity contribution in [3.8, 4) is 0 Å². The van der Waals surface area contributed by atoms with E-state index in [4.69, 9.17) is 0 Å². The molecule has 0 N–H and O–H groups in total. The van der Waals surface area contributed by atoms with Crippen molar-refractivity contribution in [1.82, 2.24) is 14.9 Å². The van der Waals surface area contributed by atoms with Gasteiger partial charge in [0.25, 0.3) is 0 Å². The molecular weight excluding hydrogens is 324 g/mol. The van der Waals surface area contributed by atoms with Crippen LogP contribution in [0.15, 0.2) is 30.3 Å². The number of hydrogen-bond acceptors (Lipinski definition) is 4. The van der Waals surface area contributed by atoms with Gasteiger partial charge >= 0.3 is 0 Å². The van der Waals surface area contributed by atoms with Crippen molar-refractivity contribution in [1.29, 1.82) is 0 Å². The highest BCUT2D eigenvalue weighted by atomic mass is 16.2. The standard InChI is InChI=1S/C21H26N4O/c1-15-13-20(23-16(2)22-15)24-10-8-18(9-11-24)21(26)25-12-7-17-5-3-4-6-19(17)14-25/h3-6,13,18H,7-12,14H2,1-2H3. The van der Waals surface area contributed by atoms with Crippen LogP contribution in [0.5, 0.6) is 0 Å². The van der Waals surface area contributed by atoms with Gasteiger partial charge in [-0.25, -0.2) is 9.97 Å². The minimum Gasteiger partial charge on any atom is -0.356 e. The molecule has 0 aliphatic carbocycles. The number of carbonyl (C=O) groups is 1. The van der Waals surface area contributed by atoms with Crippen molar-refractivity contribution >= 4 is 11.7 Å². The lowest BCUT2D eigenvalue weighted by Crippen LogP contribution is -2.44. The van der Waals surface area contributed by atoms with Gasteiger partial charge in [-0.3, -0.25) is 4.79 Å². The summed E-state index contributed by atoms with van der Waals surface area (Å²) in [5.41, 5.74) is 3.69. The molecule has 1 aromatic heterocycles. The van der Waals surface area contributed by atoms with E-state index < -0.39 is 0 Å². The SMILES string of the molecule is Cc1cc(N2CCC(C(=O)N3CCc4ccccc4C3)CC2)nc(C)n1. The maximum absolute atomic E-state index is 13.0. The first kappa shape index (κ1) is 17.0. The molecule has 4 rings (SSSR count). The molecule has 1 amide bonds. The highest BCUT2D eigenvalue weighted by Crippen LogP contribution is 2.26. The number of piperidine rings is 1. The van der Waals surface area contributed by atoms with Crippen molar-refractivity contribution in [3.63, 3.8) is 0 Å². The largest absolute Gasteiger partial charge is 0.356 e. The zero-order chi connectivity index (χ0) is 18.1. The fourth-order valence-electron chi connectivity index (χ4n) is 4.16. The number of aryl methyl sites for hydroxylation is 2. The summed E-state index contributed by atoms with van der Waals surface area (Å²) in [5.74, 6) is 2.27. The van der Waals surface area contributed by atoms with Crippen molar-refractivity contribution < 1.29 is 4.79 Å². The summed E-state index contributed by atoms with van der Waals surface area (Å²) in [4.78, 5) is 26.3. The van der Waals surface area contributed by atoms with Gasteiger partial charge in [-0.1, -0.05) is 24.3 Å². The second-order valence-corrected chi connectivity index (χ2v) is 7.45. The third kappa shape index (κ3) is 3.43. The third-order valence-corrected chi connectivity index (χ3v) is 5.56. The first-order chi connectivity index (χ1) is 12.6. The van der Waals surface area contributed by atoms with Crippen molar-refractivity contribution in [3.05, 3.63) is 53.0 Å². The Kier molecular flexibility index (Phi) is 4.62. The fourth-order valence-corrected chi connectivity index (χ4v) is 4.16. The zero-order valence-electron chi connectivity index (χ0n) is 15.6. The van der Waals surface area contributed by atoms with Crippen LogP contribution in [0, 0.1) is 19.8 Å². The molecule has 2 aliphatic heterocycles. The van der Waals surface area contributed by atoms with Crippen LogP contribution < -0.4 is 4.90 Å². The molecule has 136 valence electrons. The lowest BCUT2D eigenvalue weighted by molar-refractivity contribution is -0.137. The van der Waals surface area contributed by atoms with Crippen LogP contribution >= 0.6 is 0 Å². The number of amides is 1. The summed E-state index contributed by atoms with van der Waals surface area (Å²) in [6.45, 7) is 7.32. The van der Waals surface area contributed by atoms with Crippen LogP contribution in [-0.4, -0.2) is 40.4 Å². The van der Waals surface area contributed by atoms with Crippen LogP contribution in [0.2, 0.25) is 0 Å². The Bertz CT molecular complexity index is 791. The van der Waals surface area contributed by atoms with Crippen molar-refractivity contribution in [2.45, 2.75) is 39.7 Å². The van der Waals surface area contributed by atoms with Gasteiger partial charge in [0.05, 0.1) is 0 Å². The maximum Gasteiger partial charge on any atom is 0.226 e. The monoisotopic (exact) mass is 350 g/mol. The second kappa shape index (κ2) is 7.06. The molecular formula is C21H26N4O. The first-order valence-electron chi connectivity index (χ1n) is 9.53. The van der Waals surface area contributed by atoms with Crippen LogP contribution in [0.4, 0.5) is 5.82 Å². The van der Waals surface area contributed by atoms with E-state index in [0.717, 1.165) is 62.8 Å². The molecule has 1 saturated heterocycles. The average molecular weight is 350 g/mol. The molecule has 1 aromatic carbocycles. The molecule has 2 aromatic rings. The van der Waals surface area contributed by atoms with Crippen molar-refractivity contribution in [2.24, 2.45) is 5.92 Å². The zero-order valence-corrected chi connectivity index (χ0v) is 15.6. The van der Waals surface area contributed by atoms with Gasteiger partial charge < -0.3 is 9.80 Å². The molecule has 2 aliphatic rings. The topological polar surface area (TPSA) is 49.3 Å². The summed E-state index contributed by atoms with van der Waals surface area (Å²) < 4.78 is 0. The van der Waals surface area contributed by atoms with Gasteiger partial charge in [-0.05, 0) is 44.2 Å². The Labute approximate surface area is 155 Å². The number of nitrogens with zero attached hydrogens (tertiary/aromatic N) is 4. The fraction of sp³-hybridized carbons (Fsp3) is 0.476. The maximum atomic E-state index is 13.0. The Morgan fingerprint density at radius 3 is 2.50 bits per heavy atom. The van der Waals surface area contributed by atoms with E-state index in [9.17, 15) is 4.79 Å². The second-order valence-electron chi connectivity index (χ2n) is 7.45. The number of hydrogen-bond donors (Lipinski definition) is 0. The number of fused-ring (bicyclic) bond motifs is 1. The Hall–Kier alpha value is -2.43. The van der Waals surface area contributed by atoms with Gasteiger partial charge in [-0.15, -0.1) is 0 Å². The molecule has 3 heterocycles. The summed E-state index contributed by atoms with van der Waals surface area (Å²) in [6, 6.07) is 10.5. The lowest BCUT2D eigenvalue weighted by atomic mass is 9.93. The molecule has 0 unspecified atom stereocenters. The molecule has 0 spiro atoms. The van der Waals surface area contributed by atoms with E-state index in [0.29, 0.717) is 5.91 Å². The predicted octanol–water partition coefficient (Wildman–Crippen LogP) is 2.89. The number of carbonyl (C=O) groups excluding carboxylic acids is 1.